The highest BCUT2D eigenvalue weighted by Crippen LogP contribution is 2.40. The predicted octanol–water partition coefficient (Wildman–Crippen LogP) is 3.51. The fraction of sp³-hybridized carbons (Fsp3) is 0.571. The van der Waals surface area contributed by atoms with Gasteiger partial charge >= 0.3 is 0 Å². The van der Waals surface area contributed by atoms with Crippen molar-refractivity contribution in [2.75, 3.05) is 32.7 Å². The number of rotatable bonds is 5. The van der Waals surface area contributed by atoms with Crippen molar-refractivity contribution in [3.63, 3.8) is 0 Å². The Bertz CT molecular complexity index is 591. The van der Waals surface area contributed by atoms with Crippen molar-refractivity contribution in [2.24, 2.45) is 5.41 Å². The Morgan fingerprint density at radius 3 is 2.71 bits per heavy atom. The van der Waals surface area contributed by atoms with Crippen molar-refractivity contribution < 1.29 is 4.79 Å². The molecule has 1 aromatic carbocycles. The zero-order valence-corrected chi connectivity index (χ0v) is 15.1. The molecule has 3 rings (SSSR count). The number of piperidine rings is 1. The summed E-state index contributed by atoms with van der Waals surface area (Å²) in [6, 6.07) is 10.5. The Morgan fingerprint density at radius 1 is 1.17 bits per heavy atom. The number of carbonyl (C=O) groups is 1. The fourth-order valence-corrected chi connectivity index (χ4v) is 4.08. The molecule has 1 aromatic rings. The second kappa shape index (κ2) is 7.52. The van der Waals surface area contributed by atoms with Gasteiger partial charge < -0.3 is 4.90 Å². The van der Waals surface area contributed by atoms with E-state index < -0.39 is 0 Å². The van der Waals surface area contributed by atoms with Gasteiger partial charge in [-0.15, -0.1) is 0 Å². The summed E-state index contributed by atoms with van der Waals surface area (Å²) in [6.07, 6.45) is 6.49. The third kappa shape index (κ3) is 3.89. The van der Waals surface area contributed by atoms with Gasteiger partial charge in [0.1, 0.15) is 0 Å². The molecule has 0 radical (unpaired) electrons. The molecule has 1 spiro atoms. The number of allylic oxidation sites excluding steroid dienone is 1. The van der Waals surface area contributed by atoms with Crippen molar-refractivity contribution in [3.05, 3.63) is 47.5 Å². The lowest BCUT2D eigenvalue weighted by molar-refractivity contribution is -0.145. The van der Waals surface area contributed by atoms with E-state index in [1.165, 1.54) is 11.1 Å². The molecule has 3 heteroatoms. The summed E-state index contributed by atoms with van der Waals surface area (Å²) in [5.41, 5.74) is 2.57. The first kappa shape index (κ1) is 17.2. The second-order valence-electron chi connectivity index (χ2n) is 7.68. The van der Waals surface area contributed by atoms with E-state index in [0.717, 1.165) is 58.4 Å². The third-order valence-electron chi connectivity index (χ3n) is 5.53. The number of hydrogen-bond donors (Lipinski definition) is 0. The highest BCUT2D eigenvalue weighted by Gasteiger charge is 2.47. The molecule has 2 aliphatic rings. The molecule has 130 valence electrons. The molecular weight excluding hydrogens is 296 g/mol. The van der Waals surface area contributed by atoms with E-state index in [-0.39, 0.29) is 5.41 Å². The van der Waals surface area contributed by atoms with Gasteiger partial charge in [0, 0.05) is 26.2 Å². The normalized spacial score (nSPS) is 24.6. The molecule has 0 bridgehead atoms. The van der Waals surface area contributed by atoms with Gasteiger partial charge in [-0.3, -0.25) is 9.69 Å². The van der Waals surface area contributed by atoms with Gasteiger partial charge in [0.2, 0.25) is 5.91 Å². The van der Waals surface area contributed by atoms with Crippen LogP contribution in [0.25, 0.3) is 0 Å². The molecule has 3 nitrogen and oxygen atoms in total. The molecule has 0 N–H and O–H groups in total. The molecule has 2 saturated heterocycles. The summed E-state index contributed by atoms with van der Waals surface area (Å²) < 4.78 is 0. The average molecular weight is 326 g/mol. The van der Waals surface area contributed by atoms with Crippen LogP contribution in [0.15, 0.2) is 42.0 Å². The van der Waals surface area contributed by atoms with E-state index in [2.05, 4.69) is 54.0 Å². The van der Waals surface area contributed by atoms with Crippen LogP contribution in [0.5, 0.6) is 0 Å². The molecule has 2 fully saturated rings. The first-order valence-electron chi connectivity index (χ1n) is 9.28. The van der Waals surface area contributed by atoms with Crippen LogP contribution < -0.4 is 0 Å². The zero-order chi connectivity index (χ0) is 17.0. The molecule has 0 aromatic heterocycles. The van der Waals surface area contributed by atoms with Crippen LogP contribution in [0.2, 0.25) is 0 Å². The Hall–Kier alpha value is -1.61. The first-order chi connectivity index (χ1) is 11.6. The number of likely N-dealkylation sites (tertiary alicyclic amines) is 2. The monoisotopic (exact) mass is 326 g/mol. The van der Waals surface area contributed by atoms with Crippen LogP contribution in [0, 0.1) is 5.41 Å². The smallest absolute Gasteiger partial charge is 0.230 e. The summed E-state index contributed by atoms with van der Waals surface area (Å²) >= 11 is 0. The summed E-state index contributed by atoms with van der Waals surface area (Å²) in [5, 5.41) is 0. The number of benzene rings is 1. The van der Waals surface area contributed by atoms with E-state index in [9.17, 15) is 4.79 Å². The van der Waals surface area contributed by atoms with Crippen molar-refractivity contribution in [1.82, 2.24) is 9.80 Å². The van der Waals surface area contributed by atoms with Crippen molar-refractivity contribution >= 4 is 5.91 Å². The Morgan fingerprint density at radius 2 is 1.96 bits per heavy atom. The predicted molar refractivity (Wildman–Crippen MR) is 98.9 cm³/mol. The molecule has 24 heavy (non-hydrogen) atoms. The van der Waals surface area contributed by atoms with Gasteiger partial charge in [-0.05, 0) is 51.6 Å². The lowest BCUT2D eigenvalue weighted by Crippen LogP contribution is -2.50. The Kier molecular flexibility index (Phi) is 5.40. The summed E-state index contributed by atoms with van der Waals surface area (Å²) in [7, 11) is 0. The van der Waals surface area contributed by atoms with Crippen molar-refractivity contribution in [1.29, 1.82) is 0 Å². The van der Waals surface area contributed by atoms with E-state index in [0.29, 0.717) is 5.91 Å². The number of amides is 1. The minimum atomic E-state index is -0.107. The van der Waals surface area contributed by atoms with E-state index >= 15 is 0 Å². The highest BCUT2D eigenvalue weighted by molar-refractivity contribution is 5.84. The molecule has 2 heterocycles. The topological polar surface area (TPSA) is 23.6 Å². The van der Waals surface area contributed by atoms with Gasteiger partial charge in [0.05, 0.1) is 5.41 Å². The van der Waals surface area contributed by atoms with Gasteiger partial charge in [-0.25, -0.2) is 0 Å². The van der Waals surface area contributed by atoms with Crippen LogP contribution in [-0.4, -0.2) is 48.4 Å². The first-order valence-corrected chi connectivity index (χ1v) is 9.28. The fourth-order valence-electron chi connectivity index (χ4n) is 4.08. The molecule has 0 aliphatic carbocycles. The molecule has 0 saturated carbocycles. The molecule has 1 atom stereocenters. The van der Waals surface area contributed by atoms with Gasteiger partial charge in [-0.1, -0.05) is 42.0 Å². The van der Waals surface area contributed by atoms with Crippen LogP contribution in [0.4, 0.5) is 0 Å². The maximum absolute atomic E-state index is 13.1. The SMILES string of the molecule is CC(C)=CCN1CCC2(CCCN(CCc3ccccc3)C2=O)C1. The third-order valence-corrected chi connectivity index (χ3v) is 5.53. The van der Waals surface area contributed by atoms with Gasteiger partial charge in [0.25, 0.3) is 0 Å². The average Bonchev–Trinajstić information content (AvgIpc) is 3.00. The van der Waals surface area contributed by atoms with Crippen molar-refractivity contribution in [2.45, 2.75) is 39.5 Å². The minimum absolute atomic E-state index is 0.107. The van der Waals surface area contributed by atoms with E-state index in [1.54, 1.807) is 0 Å². The number of nitrogens with zero attached hydrogens (tertiary/aromatic N) is 2. The van der Waals surface area contributed by atoms with Crippen LogP contribution in [0.3, 0.4) is 0 Å². The van der Waals surface area contributed by atoms with Crippen LogP contribution in [-0.2, 0) is 11.2 Å². The second-order valence-corrected chi connectivity index (χ2v) is 7.68. The number of carbonyl (C=O) groups excluding carboxylic acids is 1. The molecular formula is C21H30N2O. The molecule has 1 amide bonds. The quantitative estimate of drug-likeness (QED) is 0.773. The Balaban J connectivity index is 1.60. The summed E-state index contributed by atoms with van der Waals surface area (Å²) in [4.78, 5) is 17.7. The van der Waals surface area contributed by atoms with Gasteiger partial charge in [-0.2, -0.15) is 0 Å². The maximum atomic E-state index is 13.1. The van der Waals surface area contributed by atoms with Crippen molar-refractivity contribution in [3.8, 4) is 0 Å². The van der Waals surface area contributed by atoms with Crippen LogP contribution in [0.1, 0.15) is 38.7 Å². The maximum Gasteiger partial charge on any atom is 0.230 e. The molecule has 2 aliphatic heterocycles. The van der Waals surface area contributed by atoms with Gasteiger partial charge in [0.15, 0.2) is 0 Å². The zero-order valence-electron chi connectivity index (χ0n) is 15.1. The van der Waals surface area contributed by atoms with E-state index in [1.807, 2.05) is 6.07 Å². The largest absolute Gasteiger partial charge is 0.342 e. The van der Waals surface area contributed by atoms with E-state index in [4.69, 9.17) is 0 Å². The highest BCUT2D eigenvalue weighted by atomic mass is 16.2. The van der Waals surface area contributed by atoms with Crippen LogP contribution >= 0.6 is 0 Å². The Labute approximate surface area is 146 Å². The summed E-state index contributed by atoms with van der Waals surface area (Å²) in [5.74, 6) is 0.407. The minimum Gasteiger partial charge on any atom is -0.342 e. The number of hydrogen-bond acceptors (Lipinski definition) is 2. The lowest BCUT2D eigenvalue weighted by Gasteiger charge is -2.39. The molecule has 1 unspecified atom stereocenters. The summed E-state index contributed by atoms with van der Waals surface area (Å²) in [6.45, 7) is 9.06. The standard InChI is InChI=1S/C21H30N2O/c1-18(2)9-14-22-16-12-21(17-22)11-6-13-23(20(21)24)15-10-19-7-4-3-5-8-19/h3-5,7-9H,6,10-17H2,1-2H3. The lowest BCUT2D eigenvalue weighted by atomic mass is 9.78.